The van der Waals surface area contributed by atoms with Crippen molar-refractivity contribution in [2.45, 2.75) is 25.9 Å². The van der Waals surface area contributed by atoms with Crippen molar-refractivity contribution >= 4 is 6.03 Å². The van der Waals surface area contributed by atoms with Gasteiger partial charge in [-0.1, -0.05) is 11.6 Å². The Morgan fingerprint density at radius 3 is 3.04 bits per heavy atom. The van der Waals surface area contributed by atoms with Crippen molar-refractivity contribution in [3.63, 3.8) is 0 Å². The second-order valence-electron chi connectivity index (χ2n) is 5.92. The summed E-state index contributed by atoms with van der Waals surface area (Å²) in [5, 5.41) is 3.00. The first-order valence-corrected chi connectivity index (χ1v) is 8.19. The summed E-state index contributed by atoms with van der Waals surface area (Å²) >= 11 is 0. The van der Waals surface area contributed by atoms with Crippen LogP contribution in [0.4, 0.5) is 4.79 Å². The SMILES string of the molecule is Cc1ccc([C@@H]2CN(C(=O)NCCC3=CCOCC3)CCO2)o1. The molecule has 2 aliphatic rings. The monoisotopic (exact) mass is 320 g/mol. The quantitative estimate of drug-likeness (QED) is 0.865. The van der Waals surface area contributed by atoms with Crippen LogP contribution in [0.15, 0.2) is 28.2 Å². The molecule has 2 amide bonds. The Morgan fingerprint density at radius 2 is 2.30 bits per heavy atom. The lowest BCUT2D eigenvalue weighted by Crippen LogP contribution is -2.47. The van der Waals surface area contributed by atoms with Gasteiger partial charge in [-0.2, -0.15) is 0 Å². The molecule has 0 saturated carbocycles. The van der Waals surface area contributed by atoms with Crippen molar-refractivity contribution in [3.05, 3.63) is 35.3 Å². The molecular weight excluding hydrogens is 296 g/mol. The number of carbonyl (C=O) groups is 1. The van der Waals surface area contributed by atoms with E-state index in [1.54, 1.807) is 4.90 Å². The Kier molecular flexibility index (Phi) is 5.35. The fourth-order valence-corrected chi connectivity index (χ4v) is 2.87. The molecule has 23 heavy (non-hydrogen) atoms. The highest BCUT2D eigenvalue weighted by atomic mass is 16.5. The lowest BCUT2D eigenvalue weighted by Gasteiger charge is -2.32. The number of urea groups is 1. The number of rotatable bonds is 4. The van der Waals surface area contributed by atoms with Crippen LogP contribution in [0.2, 0.25) is 0 Å². The van der Waals surface area contributed by atoms with Crippen LogP contribution in [0.1, 0.15) is 30.5 Å². The molecule has 1 fully saturated rings. The Bertz CT molecular complexity index is 567. The highest BCUT2D eigenvalue weighted by Crippen LogP contribution is 2.24. The number of furan rings is 1. The van der Waals surface area contributed by atoms with Gasteiger partial charge in [-0.15, -0.1) is 0 Å². The minimum Gasteiger partial charge on any atom is -0.464 e. The molecule has 1 aromatic rings. The van der Waals surface area contributed by atoms with Crippen LogP contribution in [-0.4, -0.2) is 50.4 Å². The maximum absolute atomic E-state index is 12.3. The topological polar surface area (TPSA) is 63.9 Å². The summed E-state index contributed by atoms with van der Waals surface area (Å²) in [6, 6.07) is 3.80. The molecule has 0 aliphatic carbocycles. The number of ether oxygens (including phenoxy) is 2. The average Bonchev–Trinajstić information content (AvgIpc) is 3.02. The zero-order valence-electron chi connectivity index (χ0n) is 13.5. The van der Waals surface area contributed by atoms with E-state index in [9.17, 15) is 4.79 Å². The number of carbonyl (C=O) groups excluding carboxylic acids is 1. The van der Waals surface area contributed by atoms with Gasteiger partial charge in [-0.3, -0.25) is 0 Å². The molecule has 126 valence electrons. The van der Waals surface area contributed by atoms with Crippen LogP contribution in [0.5, 0.6) is 0 Å². The van der Waals surface area contributed by atoms with Crippen LogP contribution in [0, 0.1) is 6.92 Å². The summed E-state index contributed by atoms with van der Waals surface area (Å²) < 4.78 is 16.6. The van der Waals surface area contributed by atoms with Crippen LogP contribution in [0.25, 0.3) is 0 Å². The third kappa shape index (κ3) is 4.36. The number of hydrogen-bond acceptors (Lipinski definition) is 4. The molecule has 1 aromatic heterocycles. The zero-order valence-corrected chi connectivity index (χ0v) is 13.5. The molecule has 0 unspecified atom stereocenters. The second-order valence-corrected chi connectivity index (χ2v) is 5.92. The lowest BCUT2D eigenvalue weighted by atomic mass is 10.1. The zero-order chi connectivity index (χ0) is 16.1. The van der Waals surface area contributed by atoms with Gasteiger partial charge in [0.15, 0.2) is 0 Å². The average molecular weight is 320 g/mol. The molecule has 1 atom stereocenters. The van der Waals surface area contributed by atoms with Crippen molar-refractivity contribution < 1.29 is 18.7 Å². The Morgan fingerprint density at radius 1 is 1.39 bits per heavy atom. The van der Waals surface area contributed by atoms with Crippen molar-refractivity contribution in [1.82, 2.24) is 10.2 Å². The van der Waals surface area contributed by atoms with Crippen LogP contribution in [0.3, 0.4) is 0 Å². The molecule has 0 aromatic carbocycles. The van der Waals surface area contributed by atoms with Gasteiger partial charge in [0.1, 0.15) is 17.6 Å². The fraction of sp³-hybridized carbons (Fsp3) is 0.588. The first-order valence-electron chi connectivity index (χ1n) is 8.19. The maximum Gasteiger partial charge on any atom is 0.317 e. The molecule has 0 spiro atoms. The molecule has 3 rings (SSSR count). The Hall–Kier alpha value is -1.79. The van der Waals surface area contributed by atoms with Crippen molar-refractivity contribution in [2.75, 3.05) is 39.5 Å². The van der Waals surface area contributed by atoms with E-state index in [2.05, 4.69) is 11.4 Å². The number of nitrogens with zero attached hydrogens (tertiary/aromatic N) is 1. The highest BCUT2D eigenvalue weighted by Gasteiger charge is 2.27. The third-order valence-corrected chi connectivity index (χ3v) is 4.21. The van der Waals surface area contributed by atoms with Gasteiger partial charge < -0.3 is 24.1 Å². The minimum atomic E-state index is -0.179. The van der Waals surface area contributed by atoms with Crippen molar-refractivity contribution in [1.29, 1.82) is 0 Å². The van der Waals surface area contributed by atoms with E-state index in [4.69, 9.17) is 13.9 Å². The van der Waals surface area contributed by atoms with Crippen molar-refractivity contribution in [2.24, 2.45) is 0 Å². The fourth-order valence-electron chi connectivity index (χ4n) is 2.87. The van der Waals surface area contributed by atoms with E-state index in [-0.39, 0.29) is 12.1 Å². The first-order chi connectivity index (χ1) is 11.2. The van der Waals surface area contributed by atoms with E-state index in [0.717, 1.165) is 31.0 Å². The molecule has 1 saturated heterocycles. The van der Waals surface area contributed by atoms with Gasteiger partial charge >= 0.3 is 6.03 Å². The molecule has 3 heterocycles. The molecule has 6 heteroatoms. The smallest absolute Gasteiger partial charge is 0.317 e. The largest absolute Gasteiger partial charge is 0.464 e. The second kappa shape index (κ2) is 7.66. The summed E-state index contributed by atoms with van der Waals surface area (Å²) in [5.41, 5.74) is 1.36. The minimum absolute atomic E-state index is 0.0331. The summed E-state index contributed by atoms with van der Waals surface area (Å²) in [7, 11) is 0. The Balaban J connectivity index is 1.46. The summed E-state index contributed by atoms with van der Waals surface area (Å²) in [6.07, 6.45) is 3.79. The molecular formula is C17H24N2O4. The summed E-state index contributed by atoms with van der Waals surface area (Å²) in [4.78, 5) is 14.1. The number of morpholine rings is 1. The number of aryl methyl sites for hydroxylation is 1. The van der Waals surface area contributed by atoms with Crippen LogP contribution in [-0.2, 0) is 9.47 Å². The summed E-state index contributed by atoms with van der Waals surface area (Å²) in [6.45, 7) is 5.70. The molecule has 6 nitrogen and oxygen atoms in total. The van der Waals surface area contributed by atoms with E-state index in [1.807, 2.05) is 19.1 Å². The lowest BCUT2D eigenvalue weighted by molar-refractivity contribution is -0.0263. The maximum atomic E-state index is 12.3. The Labute approximate surface area is 136 Å². The van der Waals surface area contributed by atoms with Gasteiger partial charge in [0.05, 0.1) is 26.4 Å². The van der Waals surface area contributed by atoms with Gasteiger partial charge in [-0.25, -0.2) is 4.79 Å². The van der Waals surface area contributed by atoms with E-state index >= 15 is 0 Å². The number of amides is 2. The first kappa shape index (κ1) is 16.1. The van der Waals surface area contributed by atoms with Gasteiger partial charge in [-0.05, 0) is 31.9 Å². The van der Waals surface area contributed by atoms with E-state index in [0.29, 0.717) is 32.8 Å². The molecule has 0 radical (unpaired) electrons. The number of nitrogens with one attached hydrogen (secondary N) is 1. The van der Waals surface area contributed by atoms with Gasteiger partial charge in [0.2, 0.25) is 0 Å². The predicted octanol–water partition coefficient (Wildman–Crippen LogP) is 2.41. The molecule has 2 aliphatic heterocycles. The van der Waals surface area contributed by atoms with Crippen molar-refractivity contribution in [3.8, 4) is 0 Å². The predicted molar refractivity (Wildman–Crippen MR) is 85.2 cm³/mol. The van der Waals surface area contributed by atoms with Gasteiger partial charge in [0, 0.05) is 13.1 Å². The van der Waals surface area contributed by atoms with Crippen LogP contribution < -0.4 is 5.32 Å². The van der Waals surface area contributed by atoms with Crippen LogP contribution >= 0.6 is 0 Å². The highest BCUT2D eigenvalue weighted by molar-refractivity contribution is 5.74. The normalized spacial score (nSPS) is 21.9. The molecule has 1 N–H and O–H groups in total. The summed E-state index contributed by atoms with van der Waals surface area (Å²) in [5.74, 6) is 1.64. The van der Waals surface area contributed by atoms with Gasteiger partial charge in [0.25, 0.3) is 0 Å². The standard InChI is InChI=1S/C17H24N2O4/c1-13-2-3-15(23-13)16-12-19(8-11-22-16)17(20)18-7-4-14-5-9-21-10-6-14/h2-3,5,16H,4,6-12H2,1H3,(H,18,20)/t16-/m0/s1. The molecule has 0 bridgehead atoms. The third-order valence-electron chi connectivity index (χ3n) is 4.21. The number of hydrogen-bond donors (Lipinski definition) is 1. The van der Waals surface area contributed by atoms with E-state index < -0.39 is 0 Å². The van der Waals surface area contributed by atoms with E-state index in [1.165, 1.54) is 5.57 Å².